The molecule has 136 valence electrons. The Kier molecular flexibility index (Phi) is 5.72. The molecule has 1 aliphatic rings. The average Bonchev–Trinajstić information content (AvgIpc) is 2.67. The van der Waals surface area contributed by atoms with Crippen molar-refractivity contribution < 1.29 is 18.9 Å². The van der Waals surface area contributed by atoms with Crippen LogP contribution in [0, 0.1) is 0 Å². The van der Waals surface area contributed by atoms with E-state index in [-0.39, 0.29) is 0 Å². The molecule has 0 spiro atoms. The Labute approximate surface area is 147 Å². The van der Waals surface area contributed by atoms with Crippen molar-refractivity contribution in [1.82, 2.24) is 14.9 Å². The van der Waals surface area contributed by atoms with E-state index < -0.39 is 0 Å². The lowest BCUT2D eigenvalue weighted by molar-refractivity contribution is 0.0398. The topological polar surface area (TPSA) is 78.0 Å². The fraction of sp³-hybridized carbons (Fsp3) is 0.529. The summed E-state index contributed by atoms with van der Waals surface area (Å²) in [5.41, 5.74) is 0.684. The van der Waals surface area contributed by atoms with Gasteiger partial charge in [-0.05, 0) is 6.07 Å². The standard InChI is InChI=1S/C17H24N4O4/c1-22-13-10-12-14(16(24-3)15(13)23-2)19-11-20-17(12)18-4-5-21-6-8-25-9-7-21/h10-11H,4-9H2,1-3H3,(H,18,19,20). The van der Waals surface area contributed by atoms with Gasteiger partial charge in [0.1, 0.15) is 17.7 Å². The highest BCUT2D eigenvalue weighted by molar-refractivity contribution is 5.96. The second-order valence-electron chi connectivity index (χ2n) is 5.64. The van der Waals surface area contributed by atoms with Crippen molar-refractivity contribution in [2.75, 3.05) is 66.0 Å². The molecule has 0 bridgehead atoms. The molecule has 1 aromatic carbocycles. The van der Waals surface area contributed by atoms with Crippen LogP contribution < -0.4 is 19.5 Å². The number of fused-ring (bicyclic) bond motifs is 1. The predicted molar refractivity (Wildman–Crippen MR) is 94.9 cm³/mol. The van der Waals surface area contributed by atoms with Crippen molar-refractivity contribution in [3.05, 3.63) is 12.4 Å². The average molecular weight is 348 g/mol. The molecule has 0 atom stereocenters. The summed E-state index contributed by atoms with van der Waals surface area (Å²) in [5, 5.41) is 4.22. The molecule has 2 aromatic rings. The highest BCUT2D eigenvalue weighted by Gasteiger charge is 2.19. The quantitative estimate of drug-likeness (QED) is 0.804. The molecular formula is C17H24N4O4. The highest BCUT2D eigenvalue weighted by atomic mass is 16.5. The van der Waals surface area contributed by atoms with Crippen LogP contribution in [-0.2, 0) is 4.74 Å². The van der Waals surface area contributed by atoms with E-state index in [1.807, 2.05) is 6.07 Å². The molecule has 1 aromatic heterocycles. The highest BCUT2D eigenvalue weighted by Crippen LogP contribution is 2.43. The van der Waals surface area contributed by atoms with Crippen LogP contribution in [0.1, 0.15) is 0 Å². The maximum Gasteiger partial charge on any atom is 0.205 e. The van der Waals surface area contributed by atoms with E-state index in [2.05, 4.69) is 20.2 Å². The SMILES string of the molecule is COc1cc2c(NCCN3CCOCC3)ncnc2c(OC)c1OC. The van der Waals surface area contributed by atoms with Crippen molar-refractivity contribution in [1.29, 1.82) is 0 Å². The molecule has 0 aliphatic carbocycles. The lowest BCUT2D eigenvalue weighted by Crippen LogP contribution is -2.39. The summed E-state index contributed by atoms with van der Waals surface area (Å²) in [4.78, 5) is 11.1. The third-order valence-corrected chi connectivity index (χ3v) is 4.26. The summed E-state index contributed by atoms with van der Waals surface area (Å²) < 4.78 is 21.7. The number of nitrogens with one attached hydrogen (secondary N) is 1. The summed E-state index contributed by atoms with van der Waals surface area (Å²) in [7, 11) is 4.76. The number of aromatic nitrogens is 2. The van der Waals surface area contributed by atoms with Gasteiger partial charge in [0.2, 0.25) is 5.75 Å². The predicted octanol–water partition coefficient (Wildman–Crippen LogP) is 1.40. The summed E-state index contributed by atoms with van der Waals surface area (Å²) in [6.07, 6.45) is 1.52. The normalized spacial score (nSPS) is 15.2. The van der Waals surface area contributed by atoms with Gasteiger partial charge in [0.05, 0.1) is 39.9 Å². The Balaban J connectivity index is 1.85. The Hall–Kier alpha value is -2.32. The minimum atomic E-state index is 0.524. The Morgan fingerprint density at radius 1 is 1.08 bits per heavy atom. The van der Waals surface area contributed by atoms with E-state index in [0.717, 1.165) is 50.6 Å². The van der Waals surface area contributed by atoms with Crippen LogP contribution in [0.25, 0.3) is 10.9 Å². The van der Waals surface area contributed by atoms with Crippen LogP contribution in [0.15, 0.2) is 12.4 Å². The lowest BCUT2D eigenvalue weighted by Gasteiger charge is -2.26. The van der Waals surface area contributed by atoms with Crippen LogP contribution in [0.5, 0.6) is 17.2 Å². The smallest absolute Gasteiger partial charge is 0.205 e. The van der Waals surface area contributed by atoms with Gasteiger partial charge >= 0.3 is 0 Å². The van der Waals surface area contributed by atoms with Gasteiger partial charge in [0.15, 0.2) is 11.5 Å². The maximum atomic E-state index is 5.50. The first-order chi connectivity index (χ1) is 12.3. The van der Waals surface area contributed by atoms with Gasteiger partial charge in [-0.1, -0.05) is 0 Å². The number of anilines is 1. The van der Waals surface area contributed by atoms with E-state index in [1.165, 1.54) is 6.33 Å². The maximum absolute atomic E-state index is 5.50. The third kappa shape index (κ3) is 3.69. The van der Waals surface area contributed by atoms with Crippen LogP contribution in [0.4, 0.5) is 5.82 Å². The first kappa shape index (κ1) is 17.5. The van der Waals surface area contributed by atoms with Crippen LogP contribution in [0.3, 0.4) is 0 Å². The number of ether oxygens (including phenoxy) is 4. The molecule has 8 heteroatoms. The zero-order chi connectivity index (χ0) is 17.6. The van der Waals surface area contributed by atoms with Gasteiger partial charge in [0.25, 0.3) is 0 Å². The number of benzene rings is 1. The van der Waals surface area contributed by atoms with Crippen molar-refractivity contribution in [2.45, 2.75) is 0 Å². The molecule has 0 saturated carbocycles. The van der Waals surface area contributed by atoms with Crippen LogP contribution in [0.2, 0.25) is 0 Å². The minimum Gasteiger partial charge on any atom is -0.493 e. The summed E-state index contributed by atoms with van der Waals surface area (Å²) in [6.45, 7) is 5.23. The fourth-order valence-electron chi connectivity index (χ4n) is 2.96. The number of hydrogen-bond donors (Lipinski definition) is 1. The molecule has 1 N–H and O–H groups in total. The molecule has 8 nitrogen and oxygen atoms in total. The molecule has 2 heterocycles. The second kappa shape index (κ2) is 8.17. The van der Waals surface area contributed by atoms with Crippen molar-refractivity contribution in [3.8, 4) is 17.2 Å². The Bertz CT molecular complexity index is 719. The Morgan fingerprint density at radius 3 is 2.52 bits per heavy atom. The van der Waals surface area contributed by atoms with Crippen molar-refractivity contribution >= 4 is 16.7 Å². The first-order valence-electron chi connectivity index (χ1n) is 8.26. The zero-order valence-electron chi connectivity index (χ0n) is 14.9. The van der Waals surface area contributed by atoms with E-state index in [9.17, 15) is 0 Å². The summed E-state index contributed by atoms with van der Waals surface area (Å²) in [5.74, 6) is 2.39. The zero-order valence-corrected chi connectivity index (χ0v) is 14.9. The fourth-order valence-corrected chi connectivity index (χ4v) is 2.96. The van der Waals surface area contributed by atoms with Crippen LogP contribution in [-0.4, -0.2) is 75.6 Å². The number of rotatable bonds is 7. The number of nitrogens with zero attached hydrogens (tertiary/aromatic N) is 3. The first-order valence-corrected chi connectivity index (χ1v) is 8.26. The molecule has 0 unspecified atom stereocenters. The summed E-state index contributed by atoms with van der Waals surface area (Å²) >= 11 is 0. The molecule has 0 radical (unpaired) electrons. The molecule has 25 heavy (non-hydrogen) atoms. The van der Waals surface area contributed by atoms with Gasteiger partial charge in [-0.2, -0.15) is 0 Å². The van der Waals surface area contributed by atoms with E-state index >= 15 is 0 Å². The molecule has 0 amide bonds. The second-order valence-corrected chi connectivity index (χ2v) is 5.64. The minimum absolute atomic E-state index is 0.524. The number of morpholine rings is 1. The third-order valence-electron chi connectivity index (χ3n) is 4.26. The number of methoxy groups -OCH3 is 3. The molecule has 1 aliphatic heterocycles. The lowest BCUT2D eigenvalue weighted by atomic mass is 10.2. The molecule has 3 rings (SSSR count). The van der Waals surface area contributed by atoms with E-state index in [1.54, 1.807) is 21.3 Å². The van der Waals surface area contributed by atoms with Crippen molar-refractivity contribution in [3.63, 3.8) is 0 Å². The van der Waals surface area contributed by atoms with Gasteiger partial charge in [0, 0.05) is 26.2 Å². The largest absolute Gasteiger partial charge is 0.493 e. The Morgan fingerprint density at radius 2 is 1.84 bits per heavy atom. The molecular weight excluding hydrogens is 324 g/mol. The number of hydrogen-bond acceptors (Lipinski definition) is 8. The van der Waals surface area contributed by atoms with Gasteiger partial charge in [-0.15, -0.1) is 0 Å². The molecule has 1 saturated heterocycles. The molecule has 1 fully saturated rings. The summed E-state index contributed by atoms with van der Waals surface area (Å²) in [6, 6.07) is 1.87. The van der Waals surface area contributed by atoms with Crippen molar-refractivity contribution in [2.24, 2.45) is 0 Å². The van der Waals surface area contributed by atoms with Crippen LogP contribution >= 0.6 is 0 Å². The monoisotopic (exact) mass is 348 g/mol. The van der Waals surface area contributed by atoms with Gasteiger partial charge in [-0.3, -0.25) is 4.90 Å². The van der Waals surface area contributed by atoms with E-state index in [0.29, 0.717) is 22.8 Å². The van der Waals surface area contributed by atoms with E-state index in [4.69, 9.17) is 18.9 Å². The van der Waals surface area contributed by atoms with Gasteiger partial charge < -0.3 is 24.3 Å². The van der Waals surface area contributed by atoms with Gasteiger partial charge in [-0.25, -0.2) is 9.97 Å².